The number of piperazine rings is 1. The Labute approximate surface area is 191 Å². The monoisotopic (exact) mass is 446 g/mol. The standard InChI is InChI=1S/C23H26N8O2/c1-3-4-11-29-21-19(27-23(29)28-12-9-24-10-13-28)14-25-30(22(21)32)15-20-26-18-8-6-5-7-17(18)16(2)31(20)33/h5-8,14,16,24,33H,9-13,15H2,1-2H3. The minimum absolute atomic E-state index is 0.0392. The van der Waals surface area contributed by atoms with E-state index in [1.165, 1.54) is 4.68 Å². The largest absolute Gasteiger partial charge is 0.340 e. The Morgan fingerprint density at radius 3 is 2.82 bits per heavy atom. The van der Waals surface area contributed by atoms with Crippen LogP contribution in [0.4, 0.5) is 11.6 Å². The normalized spacial score (nSPS) is 18.0. The third-order valence-corrected chi connectivity index (χ3v) is 6.10. The molecule has 1 unspecified atom stereocenters. The first-order valence-electron chi connectivity index (χ1n) is 11.0. The maximum Gasteiger partial charge on any atom is 0.293 e. The second-order valence-corrected chi connectivity index (χ2v) is 8.11. The van der Waals surface area contributed by atoms with Crippen LogP contribution in [0.1, 0.15) is 25.5 Å². The van der Waals surface area contributed by atoms with Crippen molar-refractivity contribution in [1.29, 1.82) is 0 Å². The van der Waals surface area contributed by atoms with Crippen LogP contribution in [0, 0.1) is 11.8 Å². The Morgan fingerprint density at radius 2 is 2.03 bits per heavy atom. The van der Waals surface area contributed by atoms with E-state index in [0.29, 0.717) is 23.4 Å². The van der Waals surface area contributed by atoms with Gasteiger partial charge in [-0.1, -0.05) is 24.1 Å². The first-order chi connectivity index (χ1) is 16.1. The number of aromatic nitrogens is 4. The van der Waals surface area contributed by atoms with E-state index in [2.05, 4.69) is 32.1 Å². The summed E-state index contributed by atoms with van der Waals surface area (Å²) in [5.74, 6) is 7.06. The van der Waals surface area contributed by atoms with Gasteiger partial charge in [-0.15, -0.1) is 5.92 Å². The highest BCUT2D eigenvalue weighted by Gasteiger charge is 2.27. The Morgan fingerprint density at radius 1 is 1.24 bits per heavy atom. The zero-order chi connectivity index (χ0) is 22.9. The summed E-state index contributed by atoms with van der Waals surface area (Å²) in [7, 11) is 0. The summed E-state index contributed by atoms with van der Waals surface area (Å²) < 4.78 is 3.19. The Bertz CT molecular complexity index is 1340. The van der Waals surface area contributed by atoms with E-state index in [-0.39, 0.29) is 18.1 Å². The van der Waals surface area contributed by atoms with Gasteiger partial charge in [0.15, 0.2) is 5.84 Å². The quantitative estimate of drug-likeness (QED) is 0.586. The van der Waals surface area contributed by atoms with Gasteiger partial charge in [-0.05, 0) is 19.9 Å². The topological polar surface area (TPSA) is 104 Å². The molecule has 4 heterocycles. The third kappa shape index (κ3) is 3.75. The van der Waals surface area contributed by atoms with Crippen molar-refractivity contribution in [3.63, 3.8) is 0 Å². The fourth-order valence-electron chi connectivity index (χ4n) is 4.33. The molecule has 3 aromatic rings. The molecule has 33 heavy (non-hydrogen) atoms. The van der Waals surface area contributed by atoms with Gasteiger partial charge >= 0.3 is 0 Å². The van der Waals surface area contributed by atoms with Crippen LogP contribution in [-0.2, 0) is 13.1 Å². The number of aliphatic imine (C=N–C) groups is 1. The van der Waals surface area contributed by atoms with Gasteiger partial charge < -0.3 is 10.2 Å². The lowest BCUT2D eigenvalue weighted by atomic mass is 10.0. The van der Waals surface area contributed by atoms with Gasteiger partial charge in [-0.25, -0.2) is 19.7 Å². The molecule has 5 rings (SSSR count). The van der Waals surface area contributed by atoms with Crippen molar-refractivity contribution in [2.75, 3.05) is 31.1 Å². The zero-order valence-electron chi connectivity index (χ0n) is 18.7. The van der Waals surface area contributed by atoms with Crippen molar-refractivity contribution < 1.29 is 5.21 Å². The molecule has 0 radical (unpaired) electrons. The molecular weight excluding hydrogens is 420 g/mol. The molecule has 0 saturated carbocycles. The van der Waals surface area contributed by atoms with Gasteiger partial charge in [0, 0.05) is 31.7 Å². The second-order valence-electron chi connectivity index (χ2n) is 8.11. The van der Waals surface area contributed by atoms with Gasteiger partial charge in [-0.3, -0.25) is 14.6 Å². The van der Waals surface area contributed by atoms with E-state index < -0.39 is 0 Å². The van der Waals surface area contributed by atoms with Crippen molar-refractivity contribution >= 4 is 28.5 Å². The summed E-state index contributed by atoms with van der Waals surface area (Å²) in [4.78, 5) is 25.0. The van der Waals surface area contributed by atoms with Crippen molar-refractivity contribution in [2.24, 2.45) is 4.99 Å². The average Bonchev–Trinajstić information content (AvgIpc) is 3.22. The molecule has 2 N–H and O–H groups in total. The van der Waals surface area contributed by atoms with Gasteiger partial charge in [0.05, 0.1) is 24.5 Å². The summed E-state index contributed by atoms with van der Waals surface area (Å²) in [6.45, 7) is 7.40. The van der Waals surface area contributed by atoms with E-state index in [1.807, 2.05) is 35.8 Å². The van der Waals surface area contributed by atoms with Crippen molar-refractivity contribution in [3.8, 4) is 11.8 Å². The molecule has 0 amide bonds. The SMILES string of the molecule is CC#CCn1c(N2CCNCC2)nc2cnn(CC3=Nc4ccccc4C(C)N3O)c(=O)c21. The Kier molecular flexibility index (Phi) is 5.58. The van der Waals surface area contributed by atoms with Crippen molar-refractivity contribution in [2.45, 2.75) is 33.0 Å². The van der Waals surface area contributed by atoms with Crippen LogP contribution in [0.2, 0.25) is 0 Å². The Balaban J connectivity index is 1.57. The number of rotatable bonds is 4. The number of hydrogen-bond donors (Lipinski definition) is 2. The molecule has 1 aromatic carbocycles. The average molecular weight is 447 g/mol. The summed E-state index contributed by atoms with van der Waals surface area (Å²) in [6.07, 6.45) is 1.60. The number of amidine groups is 1. The molecule has 2 aromatic heterocycles. The van der Waals surface area contributed by atoms with Crippen LogP contribution in [-0.4, -0.2) is 61.6 Å². The number of para-hydroxylation sites is 1. The number of imidazole rings is 1. The van der Waals surface area contributed by atoms with Gasteiger partial charge in [0.2, 0.25) is 5.95 Å². The smallest absolute Gasteiger partial charge is 0.293 e. The maximum atomic E-state index is 13.5. The van der Waals surface area contributed by atoms with Gasteiger partial charge in [-0.2, -0.15) is 5.10 Å². The maximum absolute atomic E-state index is 13.5. The molecule has 0 spiro atoms. The fourth-order valence-corrected chi connectivity index (χ4v) is 4.33. The number of nitrogens with zero attached hydrogens (tertiary/aromatic N) is 7. The third-order valence-electron chi connectivity index (χ3n) is 6.10. The van der Waals surface area contributed by atoms with Crippen molar-refractivity contribution in [3.05, 3.63) is 46.4 Å². The van der Waals surface area contributed by atoms with Crippen molar-refractivity contribution in [1.82, 2.24) is 29.7 Å². The lowest BCUT2D eigenvalue weighted by molar-refractivity contribution is -0.0537. The first kappa shape index (κ1) is 21.2. The molecular formula is C23H26N8O2. The van der Waals surface area contributed by atoms with E-state index in [4.69, 9.17) is 4.98 Å². The number of hydroxylamine groups is 2. The molecule has 0 bridgehead atoms. The summed E-state index contributed by atoms with van der Waals surface area (Å²) in [5, 5.41) is 19.5. The van der Waals surface area contributed by atoms with Crippen LogP contribution >= 0.6 is 0 Å². The molecule has 0 aliphatic carbocycles. The molecule has 170 valence electrons. The summed E-state index contributed by atoms with van der Waals surface area (Å²) in [5.41, 5.74) is 2.41. The van der Waals surface area contributed by atoms with E-state index >= 15 is 0 Å². The Hall–Kier alpha value is -3.68. The molecule has 10 heteroatoms. The number of fused-ring (bicyclic) bond motifs is 2. The highest BCUT2D eigenvalue weighted by molar-refractivity contribution is 5.87. The van der Waals surface area contributed by atoms with Crippen LogP contribution in [0.3, 0.4) is 0 Å². The summed E-state index contributed by atoms with van der Waals surface area (Å²) in [6, 6.07) is 7.38. The number of benzene rings is 1. The predicted octanol–water partition coefficient (Wildman–Crippen LogP) is 1.52. The molecule has 2 aliphatic heterocycles. The minimum Gasteiger partial charge on any atom is -0.340 e. The predicted molar refractivity (Wildman–Crippen MR) is 126 cm³/mol. The second kappa shape index (κ2) is 8.69. The molecule has 1 atom stereocenters. The zero-order valence-corrected chi connectivity index (χ0v) is 18.7. The number of anilines is 1. The molecule has 10 nitrogen and oxygen atoms in total. The number of nitrogens with one attached hydrogen (secondary N) is 1. The molecule has 1 fully saturated rings. The summed E-state index contributed by atoms with van der Waals surface area (Å²) >= 11 is 0. The molecule has 1 saturated heterocycles. The minimum atomic E-state index is -0.290. The van der Waals surface area contributed by atoms with E-state index in [1.54, 1.807) is 13.1 Å². The highest BCUT2D eigenvalue weighted by Crippen LogP contribution is 2.33. The fraction of sp³-hybridized carbons (Fsp3) is 0.391. The first-order valence-corrected chi connectivity index (χ1v) is 11.0. The number of hydrogen-bond acceptors (Lipinski definition) is 8. The van der Waals surface area contributed by atoms with E-state index in [9.17, 15) is 10.0 Å². The lowest BCUT2D eigenvalue weighted by Crippen LogP contribution is -2.44. The molecule has 2 aliphatic rings. The van der Waals surface area contributed by atoms with Crippen LogP contribution in [0.15, 0.2) is 40.2 Å². The lowest BCUT2D eigenvalue weighted by Gasteiger charge is -2.30. The van der Waals surface area contributed by atoms with E-state index in [0.717, 1.165) is 48.4 Å². The van der Waals surface area contributed by atoms with Gasteiger partial charge in [0.1, 0.15) is 17.6 Å². The van der Waals surface area contributed by atoms with Crippen LogP contribution in [0.25, 0.3) is 11.0 Å². The highest BCUT2D eigenvalue weighted by atomic mass is 16.5. The van der Waals surface area contributed by atoms with Crippen LogP contribution in [0.5, 0.6) is 0 Å². The van der Waals surface area contributed by atoms with Gasteiger partial charge in [0.25, 0.3) is 5.56 Å². The van der Waals surface area contributed by atoms with Crippen LogP contribution < -0.4 is 15.8 Å².